The number of pyridine rings is 1. The fraction of sp³-hybridized carbons (Fsp3) is 0. The smallest absolute Gasteiger partial charge is 0.182 e. The molecule has 0 N–H and O–H groups in total. The molecule has 0 amide bonds. The van der Waals surface area contributed by atoms with Crippen LogP contribution in [0.25, 0.3) is 101 Å². The summed E-state index contributed by atoms with van der Waals surface area (Å²) >= 11 is 0. The van der Waals surface area contributed by atoms with Crippen molar-refractivity contribution in [3.63, 3.8) is 0 Å². The van der Waals surface area contributed by atoms with Gasteiger partial charge in [-0.1, -0.05) is 146 Å². The molecule has 6 nitrogen and oxygen atoms in total. The second kappa shape index (κ2) is 13.0. The molecule has 0 saturated carbocycles. The van der Waals surface area contributed by atoms with Gasteiger partial charge in [0.1, 0.15) is 11.5 Å². The van der Waals surface area contributed by atoms with E-state index in [0.29, 0.717) is 23.2 Å². The zero-order valence-electron chi connectivity index (χ0n) is 30.2. The molecular formula is C50H32N6. The van der Waals surface area contributed by atoms with Gasteiger partial charge in [0.2, 0.25) is 0 Å². The maximum atomic E-state index is 5.32. The molecular weight excluding hydrogens is 685 g/mol. The maximum absolute atomic E-state index is 5.32. The SMILES string of the molecule is c1ccc(-c2ccc(-c3nc(-c4ccccc4)nc(-c4cccc(-n5c6ccccc6c6cc7c8ccccc8n(-c8ccccc8)c7cc65)n4)n3)cc2)cc1. The minimum Gasteiger partial charge on any atom is -0.309 e. The molecule has 0 aliphatic heterocycles. The minimum atomic E-state index is 0.509. The Hall–Kier alpha value is -7.70. The third-order valence-electron chi connectivity index (χ3n) is 10.6. The highest BCUT2D eigenvalue weighted by Crippen LogP contribution is 2.39. The highest BCUT2D eigenvalue weighted by atomic mass is 15.1. The van der Waals surface area contributed by atoms with Gasteiger partial charge >= 0.3 is 0 Å². The molecule has 262 valence electrons. The maximum Gasteiger partial charge on any atom is 0.182 e. The quantitative estimate of drug-likeness (QED) is 0.172. The molecule has 6 heteroatoms. The summed E-state index contributed by atoms with van der Waals surface area (Å²) in [7, 11) is 0. The summed E-state index contributed by atoms with van der Waals surface area (Å²) in [5.41, 5.74) is 10.4. The van der Waals surface area contributed by atoms with Gasteiger partial charge in [-0.2, -0.15) is 0 Å². The second-order valence-corrected chi connectivity index (χ2v) is 13.9. The van der Waals surface area contributed by atoms with Crippen molar-refractivity contribution in [3.05, 3.63) is 194 Å². The number of fused-ring (bicyclic) bond motifs is 6. The molecule has 0 radical (unpaired) electrons. The van der Waals surface area contributed by atoms with Crippen LogP contribution in [0.3, 0.4) is 0 Å². The molecule has 4 aromatic heterocycles. The molecule has 0 fully saturated rings. The van der Waals surface area contributed by atoms with E-state index in [4.69, 9.17) is 19.9 Å². The Morgan fingerprint density at radius 2 is 0.768 bits per heavy atom. The first kappa shape index (κ1) is 31.8. The van der Waals surface area contributed by atoms with Gasteiger partial charge in [0.15, 0.2) is 17.5 Å². The first-order chi connectivity index (χ1) is 27.8. The van der Waals surface area contributed by atoms with Crippen LogP contribution in [0.15, 0.2) is 194 Å². The average molecular weight is 717 g/mol. The molecule has 7 aromatic carbocycles. The third-order valence-corrected chi connectivity index (χ3v) is 10.6. The molecule has 0 saturated heterocycles. The first-order valence-corrected chi connectivity index (χ1v) is 18.7. The number of para-hydroxylation sites is 3. The fourth-order valence-corrected chi connectivity index (χ4v) is 7.98. The van der Waals surface area contributed by atoms with Crippen molar-refractivity contribution in [2.75, 3.05) is 0 Å². The molecule has 4 heterocycles. The molecule has 11 aromatic rings. The van der Waals surface area contributed by atoms with Gasteiger partial charge in [-0.3, -0.25) is 4.57 Å². The zero-order valence-corrected chi connectivity index (χ0v) is 30.2. The van der Waals surface area contributed by atoms with E-state index in [1.165, 1.54) is 27.1 Å². The minimum absolute atomic E-state index is 0.509. The van der Waals surface area contributed by atoms with E-state index in [1.54, 1.807) is 0 Å². The summed E-state index contributed by atoms with van der Waals surface area (Å²) in [6.45, 7) is 0. The van der Waals surface area contributed by atoms with E-state index < -0.39 is 0 Å². The fourth-order valence-electron chi connectivity index (χ4n) is 7.98. The van der Waals surface area contributed by atoms with E-state index in [2.05, 4.69) is 155 Å². The predicted molar refractivity (Wildman–Crippen MR) is 228 cm³/mol. The summed E-state index contributed by atoms with van der Waals surface area (Å²) in [5, 5.41) is 4.77. The van der Waals surface area contributed by atoms with Crippen molar-refractivity contribution in [1.29, 1.82) is 0 Å². The van der Waals surface area contributed by atoms with Crippen molar-refractivity contribution in [1.82, 2.24) is 29.1 Å². The lowest BCUT2D eigenvalue weighted by molar-refractivity contribution is 1.03. The number of hydrogen-bond donors (Lipinski definition) is 0. The normalized spacial score (nSPS) is 11.6. The van der Waals surface area contributed by atoms with Crippen LogP contribution in [0, 0.1) is 0 Å². The highest BCUT2D eigenvalue weighted by molar-refractivity contribution is 6.19. The molecule has 0 atom stereocenters. The third kappa shape index (κ3) is 5.27. The van der Waals surface area contributed by atoms with Crippen molar-refractivity contribution in [2.45, 2.75) is 0 Å². The lowest BCUT2D eigenvalue weighted by Crippen LogP contribution is -2.03. The summed E-state index contributed by atoms with van der Waals surface area (Å²) in [6.07, 6.45) is 0. The largest absolute Gasteiger partial charge is 0.309 e. The van der Waals surface area contributed by atoms with E-state index >= 15 is 0 Å². The summed E-state index contributed by atoms with van der Waals surface area (Å²) in [4.78, 5) is 20.4. The van der Waals surface area contributed by atoms with Gasteiger partial charge in [-0.05, 0) is 59.7 Å². The Morgan fingerprint density at radius 1 is 0.286 bits per heavy atom. The van der Waals surface area contributed by atoms with Crippen LogP contribution in [-0.4, -0.2) is 29.1 Å². The Bertz CT molecular complexity index is 3220. The van der Waals surface area contributed by atoms with Crippen molar-refractivity contribution in [2.24, 2.45) is 0 Å². The van der Waals surface area contributed by atoms with Gasteiger partial charge in [-0.25, -0.2) is 19.9 Å². The van der Waals surface area contributed by atoms with Crippen molar-refractivity contribution >= 4 is 43.6 Å². The van der Waals surface area contributed by atoms with E-state index in [9.17, 15) is 0 Å². The molecule has 0 aliphatic rings. The molecule has 0 spiro atoms. The second-order valence-electron chi connectivity index (χ2n) is 13.9. The van der Waals surface area contributed by atoms with Gasteiger partial charge in [0, 0.05) is 38.4 Å². The molecule has 11 rings (SSSR count). The number of rotatable bonds is 6. The Morgan fingerprint density at radius 3 is 1.43 bits per heavy atom. The van der Waals surface area contributed by atoms with Crippen LogP contribution < -0.4 is 0 Å². The molecule has 56 heavy (non-hydrogen) atoms. The topological polar surface area (TPSA) is 61.4 Å². The number of nitrogens with zero attached hydrogens (tertiary/aromatic N) is 6. The molecule has 0 unspecified atom stereocenters. The Labute approximate surface area is 322 Å². The number of aromatic nitrogens is 6. The van der Waals surface area contributed by atoms with Crippen LogP contribution in [0.4, 0.5) is 0 Å². The first-order valence-electron chi connectivity index (χ1n) is 18.7. The lowest BCUT2D eigenvalue weighted by Gasteiger charge is -2.11. The Kier molecular flexibility index (Phi) is 7.38. The van der Waals surface area contributed by atoms with Gasteiger partial charge < -0.3 is 4.57 Å². The average Bonchev–Trinajstić information content (AvgIpc) is 3.78. The Balaban J connectivity index is 1.10. The van der Waals surface area contributed by atoms with E-state index in [0.717, 1.165) is 50.3 Å². The van der Waals surface area contributed by atoms with Gasteiger partial charge in [0.05, 0.1) is 22.1 Å². The van der Waals surface area contributed by atoms with E-state index in [1.807, 2.05) is 48.5 Å². The predicted octanol–water partition coefficient (Wildman–Crippen LogP) is 12.1. The summed E-state index contributed by atoms with van der Waals surface area (Å²) in [6, 6.07) is 67.4. The summed E-state index contributed by atoms with van der Waals surface area (Å²) in [5.74, 6) is 2.48. The zero-order chi connectivity index (χ0) is 37.0. The van der Waals surface area contributed by atoms with Crippen LogP contribution in [0.1, 0.15) is 0 Å². The lowest BCUT2D eigenvalue weighted by atomic mass is 10.0. The van der Waals surface area contributed by atoms with Crippen LogP contribution >= 0.6 is 0 Å². The molecule has 0 bridgehead atoms. The molecule has 0 aliphatic carbocycles. The van der Waals surface area contributed by atoms with Crippen LogP contribution in [0.5, 0.6) is 0 Å². The number of benzene rings is 7. The highest BCUT2D eigenvalue weighted by Gasteiger charge is 2.20. The van der Waals surface area contributed by atoms with Gasteiger partial charge in [-0.15, -0.1) is 0 Å². The standard InChI is InChI=1S/C50H32N6/c1-4-15-33(16-5-1)34-27-29-36(30-28-34)49-52-48(35-17-6-2-7-18-35)53-50(54-49)42-23-14-26-47(51-42)56-44-25-13-11-22-39(44)41-31-40-38-21-10-12-24-43(38)55(45(40)32-46(41)56)37-19-8-3-9-20-37/h1-32H. The van der Waals surface area contributed by atoms with Crippen LogP contribution in [-0.2, 0) is 0 Å². The van der Waals surface area contributed by atoms with Crippen molar-refractivity contribution in [3.8, 4) is 56.9 Å². The monoisotopic (exact) mass is 716 g/mol. The van der Waals surface area contributed by atoms with E-state index in [-0.39, 0.29) is 0 Å². The van der Waals surface area contributed by atoms with Gasteiger partial charge in [0.25, 0.3) is 0 Å². The van der Waals surface area contributed by atoms with Crippen LogP contribution in [0.2, 0.25) is 0 Å². The van der Waals surface area contributed by atoms with Crippen molar-refractivity contribution < 1.29 is 0 Å². The number of hydrogen-bond acceptors (Lipinski definition) is 4. The summed E-state index contributed by atoms with van der Waals surface area (Å²) < 4.78 is 4.63.